The molecule has 0 bridgehead atoms. The summed E-state index contributed by atoms with van der Waals surface area (Å²) in [4.78, 5) is 43.9. The molecule has 0 aromatic heterocycles. The largest absolute Gasteiger partial charge is 0.481 e. The molecule has 38 heavy (non-hydrogen) atoms. The van der Waals surface area contributed by atoms with E-state index >= 15 is 0 Å². The van der Waals surface area contributed by atoms with Gasteiger partial charge in [0.15, 0.2) is 11.5 Å². The topological polar surface area (TPSA) is 120 Å². The van der Waals surface area contributed by atoms with Gasteiger partial charge in [0.1, 0.15) is 0 Å². The molecule has 3 atom stereocenters. The second kappa shape index (κ2) is 13.3. The Labute approximate surface area is 224 Å². The van der Waals surface area contributed by atoms with E-state index in [9.17, 15) is 24.6 Å². The van der Waals surface area contributed by atoms with Gasteiger partial charge in [-0.3, -0.25) is 19.3 Å². The van der Waals surface area contributed by atoms with Crippen LogP contribution in [-0.2, 0) is 14.4 Å². The highest BCUT2D eigenvalue weighted by atomic mass is 16.7. The molecule has 3 heterocycles. The number of ether oxygens (including phenoxy) is 2. The van der Waals surface area contributed by atoms with Crippen molar-refractivity contribution in [3.63, 3.8) is 0 Å². The number of fused-ring (bicyclic) bond motifs is 1. The number of carboxylic acids is 1. The Bertz CT molecular complexity index is 979. The zero-order valence-electron chi connectivity index (χ0n) is 22.3. The van der Waals surface area contributed by atoms with Crippen molar-refractivity contribution in [1.82, 2.24) is 14.7 Å². The first-order valence-corrected chi connectivity index (χ1v) is 14.0. The zero-order valence-corrected chi connectivity index (χ0v) is 22.3. The molecule has 10 nitrogen and oxygen atoms in total. The predicted molar refractivity (Wildman–Crippen MR) is 140 cm³/mol. The number of rotatable bonds is 14. The molecule has 1 aromatic rings. The summed E-state index contributed by atoms with van der Waals surface area (Å²) < 4.78 is 11.0. The third-order valence-electron chi connectivity index (χ3n) is 8.02. The molecule has 0 radical (unpaired) electrons. The summed E-state index contributed by atoms with van der Waals surface area (Å²) in [6.07, 6.45) is 5.06. The average molecular weight is 532 g/mol. The molecule has 1 aromatic carbocycles. The Morgan fingerprint density at radius 1 is 1.13 bits per heavy atom. The summed E-state index contributed by atoms with van der Waals surface area (Å²) >= 11 is 0. The van der Waals surface area contributed by atoms with Gasteiger partial charge in [0, 0.05) is 57.7 Å². The SMILES string of the molecule is CCCCN(CCCO)C(=O)CN1C[C@H](c2ccc3c(c2)OCO3)C(C(=O)O)[C@@H]1CCCN1CCCC1=O. The monoisotopic (exact) mass is 531 g/mol. The molecule has 2 fully saturated rings. The van der Waals surface area contributed by atoms with Gasteiger partial charge in [-0.25, -0.2) is 0 Å². The number of hydrogen-bond donors (Lipinski definition) is 2. The summed E-state index contributed by atoms with van der Waals surface area (Å²) in [7, 11) is 0. The van der Waals surface area contributed by atoms with Crippen LogP contribution in [0.25, 0.3) is 0 Å². The van der Waals surface area contributed by atoms with E-state index < -0.39 is 11.9 Å². The predicted octanol–water partition coefficient (Wildman–Crippen LogP) is 2.30. The Kier molecular flexibility index (Phi) is 9.85. The molecule has 210 valence electrons. The molecule has 10 heteroatoms. The first kappa shape index (κ1) is 28.2. The van der Waals surface area contributed by atoms with E-state index in [0.29, 0.717) is 63.4 Å². The minimum atomic E-state index is -0.881. The molecule has 4 rings (SSSR count). The lowest BCUT2D eigenvalue weighted by Crippen LogP contribution is -2.45. The summed E-state index contributed by atoms with van der Waals surface area (Å²) in [5.74, 6) is -0.510. The highest BCUT2D eigenvalue weighted by Crippen LogP contribution is 2.43. The summed E-state index contributed by atoms with van der Waals surface area (Å²) in [6, 6.07) is 5.24. The molecule has 3 aliphatic heterocycles. The van der Waals surface area contributed by atoms with E-state index in [1.54, 1.807) is 4.90 Å². The summed E-state index contributed by atoms with van der Waals surface area (Å²) in [5.41, 5.74) is 0.861. The molecule has 0 spiro atoms. The van der Waals surface area contributed by atoms with Crippen LogP contribution >= 0.6 is 0 Å². The highest BCUT2D eigenvalue weighted by Gasteiger charge is 2.47. The lowest BCUT2D eigenvalue weighted by atomic mass is 9.83. The van der Waals surface area contributed by atoms with Gasteiger partial charge in [-0.15, -0.1) is 0 Å². The normalized spacial score (nSPS) is 22.8. The summed E-state index contributed by atoms with van der Waals surface area (Å²) in [5, 5.41) is 19.7. The fourth-order valence-electron chi connectivity index (χ4n) is 6.01. The van der Waals surface area contributed by atoms with Crippen LogP contribution in [0.3, 0.4) is 0 Å². The highest BCUT2D eigenvalue weighted by molar-refractivity contribution is 5.79. The van der Waals surface area contributed by atoms with Crippen LogP contribution in [0, 0.1) is 5.92 Å². The minimum Gasteiger partial charge on any atom is -0.481 e. The molecule has 2 saturated heterocycles. The zero-order chi connectivity index (χ0) is 27.1. The molecule has 3 aliphatic rings. The third kappa shape index (κ3) is 6.58. The van der Waals surface area contributed by atoms with Crippen LogP contribution in [0.15, 0.2) is 18.2 Å². The number of benzene rings is 1. The fraction of sp³-hybridized carbons (Fsp3) is 0.679. The van der Waals surface area contributed by atoms with Gasteiger partial charge in [-0.2, -0.15) is 0 Å². The van der Waals surface area contributed by atoms with Gasteiger partial charge in [-0.05, 0) is 49.8 Å². The van der Waals surface area contributed by atoms with E-state index in [-0.39, 0.29) is 43.7 Å². The number of aliphatic hydroxyl groups is 1. The average Bonchev–Trinajstić information content (AvgIpc) is 3.62. The van der Waals surface area contributed by atoms with Crippen LogP contribution in [-0.4, -0.2) is 101 Å². The third-order valence-corrected chi connectivity index (χ3v) is 8.02. The van der Waals surface area contributed by atoms with Crippen LogP contribution in [0.5, 0.6) is 11.5 Å². The molecule has 1 unspecified atom stereocenters. The lowest BCUT2D eigenvalue weighted by molar-refractivity contribution is -0.144. The Morgan fingerprint density at radius 3 is 2.63 bits per heavy atom. The van der Waals surface area contributed by atoms with Crippen molar-refractivity contribution < 1.29 is 34.1 Å². The van der Waals surface area contributed by atoms with Crippen molar-refractivity contribution in [3.8, 4) is 11.5 Å². The van der Waals surface area contributed by atoms with Crippen molar-refractivity contribution in [3.05, 3.63) is 23.8 Å². The second-order valence-corrected chi connectivity index (χ2v) is 10.5. The molecular formula is C28H41N3O7. The van der Waals surface area contributed by atoms with Gasteiger partial charge in [0.25, 0.3) is 0 Å². The van der Waals surface area contributed by atoms with Gasteiger partial charge in [-0.1, -0.05) is 19.4 Å². The summed E-state index contributed by atoms with van der Waals surface area (Å²) in [6.45, 7) is 5.28. The van der Waals surface area contributed by atoms with E-state index in [1.807, 2.05) is 28.0 Å². The van der Waals surface area contributed by atoms with E-state index in [4.69, 9.17) is 9.47 Å². The number of hydrogen-bond acceptors (Lipinski definition) is 7. The standard InChI is InChI=1S/C28H41N3O7/c1-2-3-11-30(14-6-15-32)26(34)18-31-17-21(20-9-10-23-24(16-20)38-19-37-23)27(28(35)36)22(31)7-4-12-29-13-5-8-25(29)33/h9-10,16,21-22,27,32H,2-8,11-15,17-19H2,1H3,(H,35,36)/t21-,22+,27?/m1/s1. The quantitative estimate of drug-likeness (QED) is 0.375. The van der Waals surface area contributed by atoms with Crippen molar-refractivity contribution in [2.45, 2.75) is 63.8 Å². The minimum absolute atomic E-state index is 0.0186. The first-order valence-electron chi connectivity index (χ1n) is 14.0. The van der Waals surface area contributed by atoms with Crippen molar-refractivity contribution in [1.29, 1.82) is 0 Å². The Morgan fingerprint density at radius 2 is 1.92 bits per heavy atom. The van der Waals surface area contributed by atoms with Crippen LogP contribution < -0.4 is 9.47 Å². The van der Waals surface area contributed by atoms with Crippen LogP contribution in [0.4, 0.5) is 0 Å². The molecular weight excluding hydrogens is 490 g/mol. The van der Waals surface area contributed by atoms with Crippen LogP contribution in [0.1, 0.15) is 63.4 Å². The van der Waals surface area contributed by atoms with Gasteiger partial charge in [0.05, 0.1) is 12.5 Å². The number of carbonyl (C=O) groups excluding carboxylic acids is 2. The number of likely N-dealkylation sites (tertiary alicyclic amines) is 2. The molecule has 2 amide bonds. The van der Waals surface area contributed by atoms with Gasteiger partial charge < -0.3 is 29.5 Å². The van der Waals surface area contributed by atoms with Gasteiger partial charge >= 0.3 is 5.97 Å². The Hall–Kier alpha value is -2.85. The number of aliphatic carboxylic acids is 1. The van der Waals surface area contributed by atoms with Crippen molar-refractivity contribution >= 4 is 17.8 Å². The molecule has 0 saturated carbocycles. The number of carboxylic acid groups (broad SMARTS) is 1. The van der Waals surface area contributed by atoms with Crippen molar-refractivity contribution in [2.75, 3.05) is 52.7 Å². The molecule has 2 N–H and O–H groups in total. The number of amides is 2. The van der Waals surface area contributed by atoms with E-state index in [2.05, 4.69) is 6.92 Å². The number of carbonyl (C=O) groups is 3. The first-order chi connectivity index (χ1) is 18.4. The van der Waals surface area contributed by atoms with E-state index in [0.717, 1.165) is 31.4 Å². The number of unbranched alkanes of at least 4 members (excludes halogenated alkanes) is 1. The maximum absolute atomic E-state index is 13.4. The second-order valence-electron chi connectivity index (χ2n) is 10.5. The van der Waals surface area contributed by atoms with E-state index in [1.165, 1.54) is 0 Å². The number of nitrogens with zero attached hydrogens (tertiary/aromatic N) is 3. The van der Waals surface area contributed by atoms with Crippen molar-refractivity contribution in [2.24, 2.45) is 5.92 Å². The smallest absolute Gasteiger partial charge is 0.308 e. The van der Waals surface area contributed by atoms with Gasteiger partial charge in [0.2, 0.25) is 18.6 Å². The fourth-order valence-corrected chi connectivity index (χ4v) is 6.01. The van der Waals surface area contributed by atoms with Crippen LogP contribution in [0.2, 0.25) is 0 Å². The Balaban J connectivity index is 1.54. The molecule has 0 aliphatic carbocycles. The lowest BCUT2D eigenvalue weighted by Gasteiger charge is -2.30. The maximum Gasteiger partial charge on any atom is 0.308 e. The number of aliphatic hydroxyl groups excluding tert-OH is 1. The maximum atomic E-state index is 13.4.